The second kappa shape index (κ2) is 9.11. The summed E-state index contributed by atoms with van der Waals surface area (Å²) in [5.74, 6) is -0.127. The van der Waals surface area contributed by atoms with Gasteiger partial charge in [0.2, 0.25) is 0 Å². The third-order valence-corrected chi connectivity index (χ3v) is 7.48. The van der Waals surface area contributed by atoms with Gasteiger partial charge in [0.1, 0.15) is 5.82 Å². The molecule has 0 spiro atoms. The molecule has 1 fully saturated rings. The van der Waals surface area contributed by atoms with Gasteiger partial charge in [-0.2, -0.15) is 17.0 Å². The number of aromatic nitrogens is 1. The largest absolute Gasteiger partial charge is 0.281 e. The van der Waals surface area contributed by atoms with Gasteiger partial charge in [0.25, 0.3) is 10.2 Å². The van der Waals surface area contributed by atoms with E-state index in [1.165, 1.54) is 16.4 Å². The Morgan fingerprint density at radius 3 is 2.39 bits per heavy atom. The molecule has 1 aromatic heterocycles. The first-order valence-corrected chi connectivity index (χ1v) is 11.3. The van der Waals surface area contributed by atoms with E-state index in [0.717, 1.165) is 29.7 Å². The quantitative estimate of drug-likeness (QED) is 0.708. The van der Waals surface area contributed by atoms with Crippen molar-refractivity contribution in [1.82, 2.24) is 13.6 Å². The molecule has 152 valence electrons. The molecule has 0 amide bonds. The molecule has 1 aliphatic heterocycles. The van der Waals surface area contributed by atoms with Gasteiger partial charge in [-0.15, -0.1) is 0 Å². The van der Waals surface area contributed by atoms with Crippen molar-refractivity contribution in [3.8, 4) is 0 Å². The van der Waals surface area contributed by atoms with Gasteiger partial charge in [0.05, 0.1) is 0 Å². The Balaban J connectivity index is 1.68. The van der Waals surface area contributed by atoms with Crippen molar-refractivity contribution in [3.05, 3.63) is 65.2 Å². The third kappa shape index (κ3) is 4.77. The highest BCUT2D eigenvalue weighted by atomic mass is 32.2. The number of pyridine rings is 1. The van der Waals surface area contributed by atoms with Gasteiger partial charge < -0.3 is 0 Å². The summed E-state index contributed by atoms with van der Waals surface area (Å²) in [4.78, 5) is 4.61. The molecule has 0 unspecified atom stereocenters. The van der Waals surface area contributed by atoms with Crippen molar-refractivity contribution in [1.29, 1.82) is 0 Å². The Hall–Kier alpha value is -1.83. The highest BCUT2D eigenvalue weighted by Gasteiger charge is 2.33. The maximum atomic E-state index is 13.0. The van der Waals surface area contributed by atoms with Crippen LogP contribution in [0.25, 0.3) is 0 Å². The van der Waals surface area contributed by atoms with Crippen molar-refractivity contribution in [2.45, 2.75) is 39.0 Å². The normalized spacial score (nSPS) is 18.5. The van der Waals surface area contributed by atoms with Crippen LogP contribution >= 0.6 is 0 Å². The Labute approximate surface area is 167 Å². The lowest BCUT2D eigenvalue weighted by Gasteiger charge is -2.34. The fourth-order valence-electron chi connectivity index (χ4n) is 3.73. The highest BCUT2D eigenvalue weighted by Crippen LogP contribution is 2.28. The molecule has 0 radical (unpaired) electrons. The van der Waals surface area contributed by atoms with E-state index in [2.05, 4.69) is 4.98 Å². The predicted octanol–water partition coefficient (Wildman–Crippen LogP) is 3.58. The summed E-state index contributed by atoms with van der Waals surface area (Å²) in [6.07, 6.45) is 4.32. The molecule has 28 heavy (non-hydrogen) atoms. The number of nitrogens with zero attached hydrogens (tertiary/aromatic N) is 3. The molecule has 1 aromatic carbocycles. The summed E-state index contributed by atoms with van der Waals surface area (Å²) in [6, 6.07) is 10.5. The second-order valence-corrected chi connectivity index (χ2v) is 9.11. The van der Waals surface area contributed by atoms with E-state index >= 15 is 0 Å². The van der Waals surface area contributed by atoms with E-state index in [0.29, 0.717) is 32.6 Å². The van der Waals surface area contributed by atoms with E-state index in [-0.39, 0.29) is 11.7 Å². The minimum absolute atomic E-state index is 0.110. The molecule has 2 aromatic rings. The van der Waals surface area contributed by atoms with Gasteiger partial charge in [-0.05, 0) is 48.6 Å². The Bertz CT molecular complexity index is 866. The van der Waals surface area contributed by atoms with Gasteiger partial charge in [-0.1, -0.05) is 32.0 Å². The Kier molecular flexibility index (Phi) is 6.80. The van der Waals surface area contributed by atoms with Crippen LogP contribution < -0.4 is 0 Å². The van der Waals surface area contributed by atoms with Gasteiger partial charge in [0.15, 0.2) is 0 Å². The number of hydrogen-bond acceptors (Lipinski definition) is 3. The minimum Gasteiger partial charge on any atom is -0.261 e. The molecule has 0 aliphatic carbocycles. The van der Waals surface area contributed by atoms with Crippen molar-refractivity contribution < 1.29 is 12.8 Å². The van der Waals surface area contributed by atoms with Gasteiger partial charge in [0, 0.05) is 44.0 Å². The van der Waals surface area contributed by atoms with Gasteiger partial charge in [-0.3, -0.25) is 4.98 Å². The van der Waals surface area contributed by atoms with E-state index in [9.17, 15) is 12.8 Å². The fraction of sp³-hybridized carbons (Fsp3) is 0.476. The van der Waals surface area contributed by atoms with Crippen LogP contribution in [0.2, 0.25) is 0 Å². The average Bonchev–Trinajstić information content (AvgIpc) is 2.71. The van der Waals surface area contributed by atoms with Crippen LogP contribution in [0, 0.1) is 5.82 Å². The van der Waals surface area contributed by atoms with Crippen molar-refractivity contribution in [2.75, 3.05) is 26.2 Å². The lowest BCUT2D eigenvalue weighted by molar-refractivity contribution is 0.285. The molecule has 0 saturated carbocycles. The zero-order chi connectivity index (χ0) is 20.1. The number of piperidine rings is 1. The van der Waals surface area contributed by atoms with Crippen molar-refractivity contribution in [3.63, 3.8) is 0 Å². The molecule has 2 heterocycles. The lowest BCUT2D eigenvalue weighted by atomic mass is 9.95. The maximum Gasteiger partial charge on any atom is 0.281 e. The first-order chi connectivity index (χ1) is 13.4. The maximum absolute atomic E-state index is 13.0. The first-order valence-electron chi connectivity index (χ1n) is 9.88. The van der Waals surface area contributed by atoms with Crippen LogP contribution in [0.5, 0.6) is 0 Å². The fourth-order valence-corrected chi connectivity index (χ4v) is 5.43. The number of benzene rings is 1. The second-order valence-electron chi connectivity index (χ2n) is 7.18. The molecular weight excluding hydrogens is 377 g/mol. The molecule has 5 nitrogen and oxygen atoms in total. The molecular formula is C21H28FN3O2S. The van der Waals surface area contributed by atoms with E-state index < -0.39 is 10.2 Å². The van der Waals surface area contributed by atoms with E-state index in [1.54, 1.807) is 16.4 Å². The molecule has 1 atom stereocenters. The topological polar surface area (TPSA) is 53.5 Å². The Morgan fingerprint density at radius 1 is 1.11 bits per heavy atom. The zero-order valence-corrected chi connectivity index (χ0v) is 17.3. The van der Waals surface area contributed by atoms with E-state index in [1.807, 2.05) is 32.2 Å². The number of halogens is 1. The van der Waals surface area contributed by atoms with Crippen LogP contribution in [0.3, 0.4) is 0 Å². The average molecular weight is 406 g/mol. The number of rotatable bonds is 7. The predicted molar refractivity (Wildman–Crippen MR) is 109 cm³/mol. The van der Waals surface area contributed by atoms with Crippen molar-refractivity contribution >= 4 is 10.2 Å². The molecule has 7 heteroatoms. The molecule has 0 bridgehead atoms. The first kappa shape index (κ1) is 20.9. The SMILES string of the molecule is CCN(CC)S(=O)(=O)N1CCC[C@H](c2ccc(Cc3ccc(F)cc3)cn2)C1. The molecule has 3 rings (SSSR count). The summed E-state index contributed by atoms with van der Waals surface area (Å²) < 4.78 is 41.8. The zero-order valence-electron chi connectivity index (χ0n) is 16.5. The molecule has 0 N–H and O–H groups in total. The Morgan fingerprint density at radius 2 is 1.79 bits per heavy atom. The lowest BCUT2D eigenvalue weighted by Crippen LogP contribution is -2.47. The summed E-state index contributed by atoms with van der Waals surface area (Å²) >= 11 is 0. The van der Waals surface area contributed by atoms with Crippen molar-refractivity contribution in [2.24, 2.45) is 0 Å². The van der Waals surface area contributed by atoms with Crippen LogP contribution in [0.4, 0.5) is 4.39 Å². The smallest absolute Gasteiger partial charge is 0.261 e. The summed E-state index contributed by atoms with van der Waals surface area (Å²) in [6.45, 7) is 5.74. The third-order valence-electron chi connectivity index (χ3n) is 5.33. The summed E-state index contributed by atoms with van der Waals surface area (Å²) in [7, 11) is -3.41. The minimum atomic E-state index is -3.41. The van der Waals surface area contributed by atoms with Gasteiger partial charge in [-0.25, -0.2) is 4.39 Å². The van der Waals surface area contributed by atoms with Crippen LogP contribution in [0.1, 0.15) is 49.4 Å². The van der Waals surface area contributed by atoms with Crippen LogP contribution in [0.15, 0.2) is 42.6 Å². The van der Waals surface area contributed by atoms with E-state index in [4.69, 9.17) is 0 Å². The highest BCUT2D eigenvalue weighted by molar-refractivity contribution is 7.86. The van der Waals surface area contributed by atoms with Gasteiger partial charge >= 0.3 is 0 Å². The van der Waals surface area contributed by atoms with Crippen LogP contribution in [-0.2, 0) is 16.6 Å². The molecule has 1 saturated heterocycles. The standard InChI is InChI=1S/C21H28FN3O2S/c1-3-24(4-2)28(26,27)25-13-5-6-19(16-25)21-12-9-18(15-23-21)14-17-7-10-20(22)11-8-17/h7-12,15,19H,3-6,13-14,16H2,1-2H3/t19-/m0/s1. The summed E-state index contributed by atoms with van der Waals surface area (Å²) in [5, 5.41) is 0. The van der Waals surface area contributed by atoms with Crippen LogP contribution in [-0.4, -0.2) is 48.2 Å². The summed E-state index contributed by atoms with van der Waals surface area (Å²) in [5.41, 5.74) is 3.02. The number of hydrogen-bond donors (Lipinski definition) is 0. The molecule has 1 aliphatic rings. The monoisotopic (exact) mass is 405 g/mol.